The van der Waals surface area contributed by atoms with Crippen molar-refractivity contribution in [2.24, 2.45) is 0 Å². The third-order valence-corrected chi connectivity index (χ3v) is 4.63. The van der Waals surface area contributed by atoms with Crippen LogP contribution in [-0.2, 0) is 18.3 Å². The van der Waals surface area contributed by atoms with E-state index in [0.29, 0.717) is 0 Å². The molecule has 2 aromatic rings. The van der Waals surface area contributed by atoms with Crippen LogP contribution in [0.1, 0.15) is 6.23 Å². The van der Waals surface area contributed by atoms with Gasteiger partial charge in [0, 0.05) is 0 Å². The Morgan fingerprint density at radius 3 is 2.91 bits per heavy atom. The van der Waals surface area contributed by atoms with Crippen molar-refractivity contribution in [1.82, 2.24) is 19.5 Å². The molecular weight excluding hydrogens is 319 g/mol. The maximum atomic E-state index is 11.7. The number of phosphoric acid groups is 1. The van der Waals surface area contributed by atoms with Crippen LogP contribution in [0.25, 0.3) is 11.2 Å². The number of aliphatic hydroxyl groups excluding tert-OH is 1. The first kappa shape index (κ1) is 14.0. The standard InChI is InChI=1S/C10H11N4O7P/c15-1-4-6-7(21-22(17,18)20-6)10(19-4)14-3-13-5-8(14)11-2-12-9(5)16/h2-4,6-7,10,15H,1H2,(H,17,18)(H,11,12,16). The minimum atomic E-state index is -4.19. The molecule has 0 aromatic carbocycles. The zero-order chi connectivity index (χ0) is 15.5. The number of nitrogens with one attached hydrogen (secondary N) is 1. The van der Waals surface area contributed by atoms with Gasteiger partial charge in [0.15, 0.2) is 17.4 Å². The van der Waals surface area contributed by atoms with Crippen LogP contribution < -0.4 is 5.56 Å². The lowest BCUT2D eigenvalue weighted by Gasteiger charge is -2.18. The van der Waals surface area contributed by atoms with Crippen LogP contribution in [0.5, 0.6) is 0 Å². The fourth-order valence-electron chi connectivity index (χ4n) is 2.70. The first-order valence-electron chi connectivity index (χ1n) is 6.36. The van der Waals surface area contributed by atoms with Crippen molar-refractivity contribution >= 4 is 19.0 Å². The van der Waals surface area contributed by atoms with E-state index < -0.39 is 44.5 Å². The third kappa shape index (κ3) is 1.95. The third-order valence-electron chi connectivity index (χ3n) is 3.61. The highest BCUT2D eigenvalue weighted by Gasteiger charge is 2.57. The van der Waals surface area contributed by atoms with E-state index in [1.807, 2.05) is 0 Å². The highest BCUT2D eigenvalue weighted by molar-refractivity contribution is 7.47. The number of rotatable bonds is 2. The molecule has 11 nitrogen and oxygen atoms in total. The molecule has 2 saturated heterocycles. The van der Waals surface area contributed by atoms with Gasteiger partial charge in [-0.1, -0.05) is 0 Å². The number of aromatic amines is 1. The minimum Gasteiger partial charge on any atom is -0.394 e. The summed E-state index contributed by atoms with van der Waals surface area (Å²) in [5, 5.41) is 9.33. The lowest BCUT2D eigenvalue weighted by atomic mass is 10.1. The lowest BCUT2D eigenvalue weighted by molar-refractivity contribution is -0.0589. The number of H-pyrrole nitrogens is 1. The molecule has 4 rings (SSSR count). The molecule has 0 bridgehead atoms. The van der Waals surface area contributed by atoms with Gasteiger partial charge in [-0.3, -0.25) is 18.4 Å². The Bertz CT molecular complexity index is 834. The number of fused-ring (bicyclic) bond motifs is 2. The predicted molar refractivity (Wildman–Crippen MR) is 68.7 cm³/mol. The highest BCUT2D eigenvalue weighted by Crippen LogP contribution is 2.58. The molecule has 2 aliphatic heterocycles. The second kappa shape index (κ2) is 4.69. The van der Waals surface area contributed by atoms with E-state index in [1.54, 1.807) is 0 Å². The fraction of sp³-hybridized carbons (Fsp3) is 0.500. The molecule has 2 fully saturated rings. The molecule has 2 aliphatic rings. The van der Waals surface area contributed by atoms with E-state index in [-0.39, 0.29) is 11.2 Å². The van der Waals surface area contributed by atoms with E-state index in [9.17, 15) is 19.4 Å². The zero-order valence-corrected chi connectivity index (χ0v) is 11.8. The van der Waals surface area contributed by atoms with Gasteiger partial charge in [-0.15, -0.1) is 0 Å². The van der Waals surface area contributed by atoms with E-state index >= 15 is 0 Å². The average Bonchev–Trinajstić information content (AvgIpc) is 3.10. The van der Waals surface area contributed by atoms with Crippen molar-refractivity contribution in [2.45, 2.75) is 24.5 Å². The number of aromatic nitrogens is 4. The van der Waals surface area contributed by atoms with Gasteiger partial charge in [0.1, 0.15) is 18.3 Å². The Morgan fingerprint density at radius 2 is 2.14 bits per heavy atom. The molecule has 3 N–H and O–H groups in total. The molecule has 0 spiro atoms. The largest absolute Gasteiger partial charge is 0.473 e. The summed E-state index contributed by atoms with van der Waals surface area (Å²) in [4.78, 5) is 31.5. The predicted octanol–water partition coefficient (Wildman–Crippen LogP) is -1.11. The quantitative estimate of drug-likeness (QED) is 0.583. The summed E-state index contributed by atoms with van der Waals surface area (Å²) in [6, 6.07) is 0. The summed E-state index contributed by atoms with van der Waals surface area (Å²) in [5.74, 6) is 0. The number of ether oxygens (including phenoxy) is 1. The molecule has 0 saturated carbocycles. The molecule has 0 radical (unpaired) electrons. The Kier molecular flexibility index (Phi) is 2.98. The van der Waals surface area contributed by atoms with Gasteiger partial charge in [-0.25, -0.2) is 14.5 Å². The summed E-state index contributed by atoms with van der Waals surface area (Å²) >= 11 is 0. The maximum Gasteiger partial charge on any atom is 0.473 e. The summed E-state index contributed by atoms with van der Waals surface area (Å²) in [6.45, 7) is -0.415. The van der Waals surface area contributed by atoms with Gasteiger partial charge in [0.25, 0.3) is 5.56 Å². The van der Waals surface area contributed by atoms with Gasteiger partial charge >= 0.3 is 7.82 Å². The lowest BCUT2D eigenvalue weighted by Crippen LogP contribution is -2.30. The van der Waals surface area contributed by atoms with Crippen molar-refractivity contribution in [3.63, 3.8) is 0 Å². The van der Waals surface area contributed by atoms with Crippen molar-refractivity contribution in [1.29, 1.82) is 0 Å². The van der Waals surface area contributed by atoms with Crippen LogP contribution in [-0.4, -0.2) is 54.4 Å². The maximum absolute atomic E-state index is 11.7. The van der Waals surface area contributed by atoms with Gasteiger partial charge in [-0.2, -0.15) is 0 Å². The van der Waals surface area contributed by atoms with Crippen LogP contribution in [0.2, 0.25) is 0 Å². The second-order valence-corrected chi connectivity index (χ2v) is 6.27. The Balaban J connectivity index is 1.80. The summed E-state index contributed by atoms with van der Waals surface area (Å²) in [7, 11) is -4.19. The zero-order valence-electron chi connectivity index (χ0n) is 10.9. The molecule has 5 atom stereocenters. The van der Waals surface area contributed by atoms with Crippen LogP contribution in [0.4, 0.5) is 0 Å². The van der Waals surface area contributed by atoms with Crippen LogP contribution in [0.15, 0.2) is 17.4 Å². The highest BCUT2D eigenvalue weighted by atomic mass is 31.2. The molecule has 22 heavy (non-hydrogen) atoms. The topological polar surface area (TPSA) is 149 Å². The summed E-state index contributed by atoms with van der Waals surface area (Å²) < 4.78 is 28.5. The number of hydrogen-bond acceptors (Lipinski definition) is 8. The van der Waals surface area contributed by atoms with E-state index in [4.69, 9.17) is 13.8 Å². The smallest absolute Gasteiger partial charge is 0.394 e. The molecular formula is C10H11N4O7P. The average molecular weight is 330 g/mol. The van der Waals surface area contributed by atoms with E-state index in [2.05, 4.69) is 15.0 Å². The number of aliphatic hydroxyl groups is 1. The van der Waals surface area contributed by atoms with Gasteiger partial charge in [0.05, 0.1) is 19.3 Å². The van der Waals surface area contributed by atoms with Crippen LogP contribution in [0, 0.1) is 0 Å². The van der Waals surface area contributed by atoms with Crippen molar-refractivity contribution in [2.75, 3.05) is 6.61 Å². The molecule has 12 heteroatoms. The Hall–Kier alpha value is -1.62. The van der Waals surface area contributed by atoms with Crippen molar-refractivity contribution < 1.29 is 28.3 Å². The number of hydrogen-bond donors (Lipinski definition) is 3. The number of nitrogens with zero attached hydrogens (tertiary/aromatic N) is 3. The van der Waals surface area contributed by atoms with Gasteiger partial charge in [-0.05, 0) is 0 Å². The molecule has 0 amide bonds. The Morgan fingerprint density at radius 1 is 1.36 bits per heavy atom. The second-order valence-electron chi connectivity index (χ2n) is 4.91. The summed E-state index contributed by atoms with van der Waals surface area (Å²) in [5.41, 5.74) is -0.0935. The number of imidazole rings is 1. The molecule has 118 valence electrons. The van der Waals surface area contributed by atoms with Crippen molar-refractivity contribution in [3.05, 3.63) is 23.0 Å². The first-order chi connectivity index (χ1) is 10.5. The number of phosphoric ester groups is 1. The first-order valence-corrected chi connectivity index (χ1v) is 7.86. The molecule has 0 aliphatic carbocycles. The Labute approximate surface area is 122 Å². The SMILES string of the molecule is O=c1[nH]cnc2c1ncn2C1OC(CO)C2OP(=O)(O)OC21. The monoisotopic (exact) mass is 330 g/mol. The fourth-order valence-corrected chi connectivity index (χ4v) is 3.84. The molecule has 4 heterocycles. The van der Waals surface area contributed by atoms with Crippen LogP contribution in [0.3, 0.4) is 0 Å². The minimum absolute atomic E-state index is 0.0983. The van der Waals surface area contributed by atoms with E-state index in [0.717, 1.165) is 0 Å². The summed E-state index contributed by atoms with van der Waals surface area (Å²) in [6.07, 6.45) is -1.03. The normalized spacial score (nSPS) is 37.7. The van der Waals surface area contributed by atoms with Crippen LogP contribution >= 0.6 is 7.82 Å². The van der Waals surface area contributed by atoms with Gasteiger partial charge in [0.2, 0.25) is 0 Å². The van der Waals surface area contributed by atoms with E-state index in [1.165, 1.54) is 17.2 Å². The molecule has 2 aromatic heterocycles. The molecule has 5 unspecified atom stereocenters. The van der Waals surface area contributed by atoms with Gasteiger partial charge < -0.3 is 19.7 Å². The van der Waals surface area contributed by atoms with Crippen molar-refractivity contribution in [3.8, 4) is 0 Å².